The third kappa shape index (κ3) is 5.57. The topological polar surface area (TPSA) is 89.8 Å². The van der Waals surface area contributed by atoms with Crippen LogP contribution in [-0.2, 0) is 4.79 Å². The summed E-state index contributed by atoms with van der Waals surface area (Å²) in [6.07, 6.45) is 0.0278. The number of nitrogens with one attached hydrogen (secondary N) is 1. The highest BCUT2D eigenvalue weighted by Crippen LogP contribution is 2.16. The van der Waals surface area contributed by atoms with Crippen LogP contribution in [0.1, 0.15) is 20.3 Å². The molecule has 0 spiro atoms. The van der Waals surface area contributed by atoms with E-state index in [9.17, 15) is 5.11 Å². The van der Waals surface area contributed by atoms with Gasteiger partial charge in [0.15, 0.2) is 0 Å². The lowest BCUT2D eigenvalue weighted by molar-refractivity contribution is -0.134. The number of aliphatic carboxylic acids is 1. The summed E-state index contributed by atoms with van der Waals surface area (Å²) in [4.78, 5) is 9.00. The van der Waals surface area contributed by atoms with Crippen LogP contribution in [-0.4, -0.2) is 46.1 Å². The van der Waals surface area contributed by atoms with E-state index in [1.165, 1.54) is 0 Å². The van der Waals surface area contributed by atoms with Crippen molar-refractivity contribution in [2.75, 3.05) is 13.1 Å². The fraction of sp³-hybridized carbons (Fsp3) is 0.875. The minimum Gasteiger partial charge on any atom is -0.481 e. The summed E-state index contributed by atoms with van der Waals surface area (Å²) in [7, 11) is 0. The largest absolute Gasteiger partial charge is 0.481 e. The van der Waals surface area contributed by atoms with Gasteiger partial charge >= 0.3 is 0 Å². The summed E-state index contributed by atoms with van der Waals surface area (Å²) in [5.41, 5.74) is -0.870. The summed E-state index contributed by atoms with van der Waals surface area (Å²) in [6.45, 7) is 4.05. The smallest absolute Gasteiger partial charge is 0.300 e. The zero-order valence-electron chi connectivity index (χ0n) is 7.95. The van der Waals surface area contributed by atoms with E-state index in [4.69, 9.17) is 15.0 Å². The zero-order chi connectivity index (χ0) is 10.5. The molecule has 0 amide bonds. The van der Waals surface area contributed by atoms with Crippen molar-refractivity contribution in [3.05, 3.63) is 0 Å². The van der Waals surface area contributed by atoms with Crippen LogP contribution >= 0.6 is 0 Å². The van der Waals surface area contributed by atoms with Gasteiger partial charge < -0.3 is 20.6 Å². The van der Waals surface area contributed by atoms with Crippen LogP contribution in [0.15, 0.2) is 0 Å². The highest BCUT2D eigenvalue weighted by Gasteiger charge is 2.32. The van der Waals surface area contributed by atoms with Crippen LogP contribution in [0.25, 0.3) is 0 Å². The molecule has 0 aromatic carbocycles. The van der Waals surface area contributed by atoms with E-state index in [-0.39, 0.29) is 0 Å². The monoisotopic (exact) mass is 191 g/mol. The Morgan fingerprint density at radius 3 is 2.31 bits per heavy atom. The molecular weight excluding hydrogens is 174 g/mol. The molecule has 0 radical (unpaired) electrons. The number of rotatable bonds is 0. The Bertz CT molecular complexity index is 166. The molecule has 0 aliphatic carbocycles. The second-order valence-electron chi connectivity index (χ2n) is 3.35. The van der Waals surface area contributed by atoms with Gasteiger partial charge in [0.2, 0.25) is 0 Å². The molecule has 0 aromatic rings. The number of aliphatic hydroxyl groups is 2. The fourth-order valence-electron chi connectivity index (χ4n) is 0.967. The standard InChI is InChI=1S/C6H13NO2.C2H4O2/c1-6(9)2-3-7-4-5(6)8;1-2(3)4/h5,7-9H,2-4H2,1H3;1H3,(H,3,4). The van der Waals surface area contributed by atoms with Gasteiger partial charge in [0.25, 0.3) is 5.97 Å². The van der Waals surface area contributed by atoms with Crippen molar-refractivity contribution < 1.29 is 20.1 Å². The summed E-state index contributed by atoms with van der Waals surface area (Å²) in [5.74, 6) is -0.833. The first kappa shape index (κ1) is 12.3. The summed E-state index contributed by atoms with van der Waals surface area (Å²) in [6, 6.07) is 0. The van der Waals surface area contributed by atoms with Gasteiger partial charge in [0.1, 0.15) is 0 Å². The Kier molecular flexibility index (Phi) is 4.90. The third-order valence-corrected chi connectivity index (χ3v) is 1.86. The van der Waals surface area contributed by atoms with Gasteiger partial charge in [-0.25, -0.2) is 0 Å². The van der Waals surface area contributed by atoms with E-state index >= 15 is 0 Å². The molecule has 1 fully saturated rings. The van der Waals surface area contributed by atoms with Crippen LogP contribution in [0.2, 0.25) is 0 Å². The van der Waals surface area contributed by atoms with E-state index in [1.54, 1.807) is 6.92 Å². The van der Waals surface area contributed by atoms with Gasteiger partial charge in [0, 0.05) is 13.5 Å². The SMILES string of the molecule is CC(=O)O.CC1(O)CCNCC1O. The molecule has 0 saturated carbocycles. The molecule has 1 aliphatic rings. The Hall–Kier alpha value is -0.650. The maximum Gasteiger partial charge on any atom is 0.300 e. The van der Waals surface area contributed by atoms with Crippen molar-refractivity contribution >= 4 is 5.97 Å². The maximum atomic E-state index is 9.35. The van der Waals surface area contributed by atoms with Gasteiger partial charge in [-0.05, 0) is 19.9 Å². The highest BCUT2D eigenvalue weighted by molar-refractivity contribution is 5.62. The molecule has 0 aromatic heterocycles. The molecule has 4 N–H and O–H groups in total. The van der Waals surface area contributed by atoms with Gasteiger partial charge in [-0.15, -0.1) is 0 Å². The average Bonchev–Trinajstić information content (AvgIpc) is 1.94. The number of piperidine rings is 1. The zero-order valence-corrected chi connectivity index (χ0v) is 7.95. The van der Waals surface area contributed by atoms with E-state index < -0.39 is 17.7 Å². The lowest BCUT2D eigenvalue weighted by atomic mass is 9.92. The number of carboxylic acids is 1. The van der Waals surface area contributed by atoms with Crippen LogP contribution in [0.3, 0.4) is 0 Å². The molecular formula is C8H17NO4. The number of hydrogen-bond donors (Lipinski definition) is 4. The van der Waals surface area contributed by atoms with Gasteiger partial charge in [0.05, 0.1) is 11.7 Å². The third-order valence-electron chi connectivity index (χ3n) is 1.86. The highest BCUT2D eigenvalue weighted by atomic mass is 16.4. The first-order valence-electron chi connectivity index (χ1n) is 4.17. The summed E-state index contributed by atoms with van der Waals surface area (Å²) < 4.78 is 0. The molecule has 1 heterocycles. The van der Waals surface area contributed by atoms with Crippen LogP contribution in [0.5, 0.6) is 0 Å². The number of β-amino-alcohol motifs (C(OH)–C–C–N with tert-alkyl or cyclic N) is 1. The molecule has 2 atom stereocenters. The fourth-order valence-corrected chi connectivity index (χ4v) is 0.967. The van der Waals surface area contributed by atoms with Crippen molar-refractivity contribution in [3.8, 4) is 0 Å². The molecule has 5 nitrogen and oxygen atoms in total. The van der Waals surface area contributed by atoms with Crippen molar-refractivity contribution in [2.24, 2.45) is 0 Å². The second-order valence-corrected chi connectivity index (χ2v) is 3.35. The normalized spacial score (nSPS) is 33.1. The molecule has 1 rings (SSSR count). The quantitative estimate of drug-likeness (QED) is 0.402. The lowest BCUT2D eigenvalue weighted by Crippen LogP contribution is -2.52. The van der Waals surface area contributed by atoms with Crippen LogP contribution in [0.4, 0.5) is 0 Å². The van der Waals surface area contributed by atoms with E-state index in [2.05, 4.69) is 5.32 Å². The number of carbonyl (C=O) groups is 1. The lowest BCUT2D eigenvalue weighted by Gasteiger charge is -2.33. The molecule has 5 heteroatoms. The van der Waals surface area contributed by atoms with Gasteiger partial charge in [-0.1, -0.05) is 0 Å². The Morgan fingerprint density at radius 2 is 2.08 bits per heavy atom. The van der Waals surface area contributed by atoms with Gasteiger partial charge in [-0.3, -0.25) is 4.79 Å². The Labute approximate surface area is 77.4 Å². The number of hydrogen-bond acceptors (Lipinski definition) is 4. The maximum absolute atomic E-state index is 9.35. The number of aliphatic hydroxyl groups excluding tert-OH is 1. The minimum absolute atomic E-state index is 0.507. The first-order chi connectivity index (χ1) is 5.86. The van der Waals surface area contributed by atoms with Crippen molar-refractivity contribution in [3.63, 3.8) is 0 Å². The molecule has 13 heavy (non-hydrogen) atoms. The van der Waals surface area contributed by atoms with Gasteiger partial charge in [-0.2, -0.15) is 0 Å². The average molecular weight is 191 g/mol. The summed E-state index contributed by atoms with van der Waals surface area (Å²) >= 11 is 0. The minimum atomic E-state index is -0.870. The van der Waals surface area contributed by atoms with E-state index in [0.717, 1.165) is 13.5 Å². The van der Waals surface area contributed by atoms with Crippen molar-refractivity contribution in [1.82, 2.24) is 5.32 Å². The van der Waals surface area contributed by atoms with Crippen molar-refractivity contribution in [1.29, 1.82) is 0 Å². The first-order valence-corrected chi connectivity index (χ1v) is 4.17. The predicted molar refractivity (Wildman–Crippen MR) is 47.4 cm³/mol. The summed E-state index contributed by atoms with van der Waals surface area (Å²) in [5, 5.41) is 28.9. The molecule has 0 bridgehead atoms. The van der Waals surface area contributed by atoms with E-state index in [1.807, 2.05) is 0 Å². The molecule has 2 unspecified atom stereocenters. The van der Waals surface area contributed by atoms with Crippen LogP contribution in [0, 0.1) is 0 Å². The Balaban J connectivity index is 0.000000310. The Morgan fingerprint density at radius 1 is 1.62 bits per heavy atom. The van der Waals surface area contributed by atoms with Crippen LogP contribution < -0.4 is 5.32 Å². The molecule has 1 aliphatic heterocycles. The predicted octanol–water partition coefficient (Wildman–Crippen LogP) is -0.817. The van der Waals surface area contributed by atoms with Crippen molar-refractivity contribution in [2.45, 2.75) is 32.0 Å². The molecule has 78 valence electrons. The number of carboxylic acid groups (broad SMARTS) is 1. The van der Waals surface area contributed by atoms with E-state index in [0.29, 0.717) is 13.0 Å². The second kappa shape index (κ2) is 5.16. The molecule has 1 saturated heterocycles.